The summed E-state index contributed by atoms with van der Waals surface area (Å²) in [5, 5.41) is 2.74. The molecule has 3 N–H and O–H groups in total. The Balaban J connectivity index is 2.72. The van der Waals surface area contributed by atoms with Gasteiger partial charge in [0.2, 0.25) is 5.91 Å². The molecule has 1 aromatic rings. The van der Waals surface area contributed by atoms with Crippen LogP contribution in [0.3, 0.4) is 0 Å². The maximum atomic E-state index is 11.4. The fourth-order valence-electron chi connectivity index (χ4n) is 1.92. The quantitative estimate of drug-likeness (QED) is 0.756. The Morgan fingerprint density at radius 3 is 2.80 bits per heavy atom. The Hall–Kier alpha value is -1.75. The van der Waals surface area contributed by atoms with Crippen molar-refractivity contribution in [2.24, 2.45) is 5.73 Å². The van der Waals surface area contributed by atoms with Gasteiger partial charge < -0.3 is 20.5 Å². The lowest BCUT2D eigenvalue weighted by atomic mass is 10.1. The summed E-state index contributed by atoms with van der Waals surface area (Å²) in [5.74, 6) is 1.33. The third kappa shape index (κ3) is 5.09. The van der Waals surface area contributed by atoms with Gasteiger partial charge in [0.25, 0.3) is 0 Å². The molecule has 5 nitrogen and oxygen atoms in total. The predicted octanol–water partition coefficient (Wildman–Crippen LogP) is 1.49. The van der Waals surface area contributed by atoms with Crippen LogP contribution in [0.1, 0.15) is 25.8 Å². The number of nitrogens with one attached hydrogen (secondary N) is 1. The van der Waals surface area contributed by atoms with Crippen molar-refractivity contribution in [2.45, 2.75) is 32.7 Å². The molecule has 1 unspecified atom stereocenters. The number of para-hydroxylation sites is 1. The first-order chi connectivity index (χ1) is 9.58. The van der Waals surface area contributed by atoms with E-state index in [-0.39, 0.29) is 11.9 Å². The third-order valence-electron chi connectivity index (χ3n) is 2.77. The summed E-state index contributed by atoms with van der Waals surface area (Å²) in [7, 11) is 1.60. The summed E-state index contributed by atoms with van der Waals surface area (Å²) < 4.78 is 11.0. The van der Waals surface area contributed by atoms with Crippen LogP contribution in [0.15, 0.2) is 18.2 Å². The van der Waals surface area contributed by atoms with Crippen molar-refractivity contribution in [1.82, 2.24) is 5.32 Å². The third-order valence-corrected chi connectivity index (χ3v) is 2.77. The molecule has 112 valence electrons. The number of carbonyl (C=O) groups excluding carboxylic acids is 1. The summed E-state index contributed by atoms with van der Waals surface area (Å²) in [4.78, 5) is 11.4. The highest BCUT2D eigenvalue weighted by molar-refractivity contribution is 5.75. The van der Waals surface area contributed by atoms with Crippen LogP contribution >= 0.6 is 0 Å². The monoisotopic (exact) mass is 280 g/mol. The number of ether oxygens (including phenoxy) is 2. The predicted molar refractivity (Wildman–Crippen MR) is 79.1 cm³/mol. The van der Waals surface area contributed by atoms with Crippen LogP contribution in [0.2, 0.25) is 0 Å². The van der Waals surface area contributed by atoms with E-state index in [1.165, 1.54) is 0 Å². The first-order valence-electron chi connectivity index (χ1n) is 6.89. The van der Waals surface area contributed by atoms with Crippen LogP contribution in [-0.4, -0.2) is 32.2 Å². The van der Waals surface area contributed by atoms with Gasteiger partial charge in [-0.3, -0.25) is 4.79 Å². The number of rotatable bonds is 8. The summed E-state index contributed by atoms with van der Waals surface area (Å²) in [6.45, 7) is 4.78. The van der Waals surface area contributed by atoms with Crippen molar-refractivity contribution in [3.63, 3.8) is 0 Å². The van der Waals surface area contributed by atoms with Crippen molar-refractivity contribution < 1.29 is 14.3 Å². The molecule has 0 radical (unpaired) electrons. The molecule has 0 aliphatic carbocycles. The molecular weight excluding hydrogens is 256 g/mol. The van der Waals surface area contributed by atoms with Crippen LogP contribution in [0, 0.1) is 0 Å². The highest BCUT2D eigenvalue weighted by Gasteiger charge is 2.12. The van der Waals surface area contributed by atoms with Gasteiger partial charge >= 0.3 is 0 Å². The van der Waals surface area contributed by atoms with Crippen molar-refractivity contribution >= 4 is 5.91 Å². The Kier molecular flexibility index (Phi) is 6.87. The number of amides is 1. The Morgan fingerprint density at radius 1 is 1.45 bits per heavy atom. The largest absolute Gasteiger partial charge is 0.493 e. The summed E-state index contributed by atoms with van der Waals surface area (Å²) in [6, 6.07) is 5.75. The molecule has 0 aliphatic heterocycles. The minimum Gasteiger partial charge on any atom is -0.493 e. The average Bonchev–Trinajstić information content (AvgIpc) is 2.40. The second-order valence-electron chi connectivity index (χ2n) is 4.68. The number of methoxy groups -OCH3 is 1. The lowest BCUT2D eigenvalue weighted by molar-refractivity contribution is -0.121. The molecule has 20 heavy (non-hydrogen) atoms. The van der Waals surface area contributed by atoms with E-state index in [0.717, 1.165) is 5.56 Å². The Bertz CT molecular complexity index is 433. The van der Waals surface area contributed by atoms with Gasteiger partial charge in [0.15, 0.2) is 11.5 Å². The highest BCUT2D eigenvalue weighted by Crippen LogP contribution is 2.31. The first kappa shape index (κ1) is 16.3. The lowest BCUT2D eigenvalue weighted by Gasteiger charge is -2.16. The van der Waals surface area contributed by atoms with Crippen LogP contribution < -0.4 is 20.5 Å². The molecule has 0 aromatic heterocycles. The van der Waals surface area contributed by atoms with Gasteiger partial charge in [0.05, 0.1) is 20.1 Å². The van der Waals surface area contributed by atoms with Gasteiger partial charge in [-0.1, -0.05) is 12.1 Å². The molecule has 0 bridgehead atoms. The van der Waals surface area contributed by atoms with Gasteiger partial charge in [0, 0.05) is 12.6 Å². The summed E-state index contributed by atoms with van der Waals surface area (Å²) in [5.41, 5.74) is 6.84. The van der Waals surface area contributed by atoms with Gasteiger partial charge in [-0.15, -0.1) is 0 Å². The molecule has 1 aromatic carbocycles. The molecule has 0 aliphatic rings. The van der Waals surface area contributed by atoms with E-state index in [4.69, 9.17) is 15.2 Å². The van der Waals surface area contributed by atoms with Crippen molar-refractivity contribution in [1.29, 1.82) is 0 Å². The fraction of sp³-hybridized carbons (Fsp3) is 0.533. The highest BCUT2D eigenvalue weighted by atomic mass is 16.5. The van der Waals surface area contributed by atoms with E-state index in [1.54, 1.807) is 7.11 Å². The second-order valence-corrected chi connectivity index (χ2v) is 4.68. The molecule has 5 heteroatoms. The maximum absolute atomic E-state index is 11.4. The summed E-state index contributed by atoms with van der Waals surface area (Å²) in [6.07, 6.45) is 1.02. The Morgan fingerprint density at radius 2 is 2.20 bits per heavy atom. The number of benzene rings is 1. The molecule has 0 saturated heterocycles. The van der Waals surface area contributed by atoms with Gasteiger partial charge in [0.1, 0.15) is 0 Å². The molecule has 0 fully saturated rings. The molecule has 0 saturated carbocycles. The first-order valence-corrected chi connectivity index (χ1v) is 6.89. The second kappa shape index (κ2) is 8.43. The molecule has 1 rings (SSSR count). The van der Waals surface area contributed by atoms with Crippen molar-refractivity contribution in [2.75, 3.05) is 20.3 Å². The fourth-order valence-corrected chi connectivity index (χ4v) is 1.92. The number of hydrogen-bond donors (Lipinski definition) is 2. The molecular formula is C15H24N2O3. The molecule has 1 amide bonds. The minimum atomic E-state index is -0.0175. The lowest BCUT2D eigenvalue weighted by Crippen LogP contribution is -2.24. The topological polar surface area (TPSA) is 73.6 Å². The Labute approximate surface area is 120 Å². The van der Waals surface area contributed by atoms with E-state index in [2.05, 4.69) is 5.32 Å². The standard InChI is InChI=1S/C15H24N2O3/c1-4-17-14(18)8-9-20-15-12(10-11(2)16)6-5-7-13(15)19-3/h5-7,11H,4,8-10,16H2,1-3H3,(H,17,18). The molecule has 0 heterocycles. The SMILES string of the molecule is CCNC(=O)CCOc1c(CC(C)N)cccc1OC. The van der Waals surface area contributed by atoms with E-state index >= 15 is 0 Å². The zero-order valence-corrected chi connectivity index (χ0v) is 12.4. The van der Waals surface area contributed by atoms with Crippen LogP contribution in [0.4, 0.5) is 0 Å². The van der Waals surface area contributed by atoms with Crippen molar-refractivity contribution in [3.05, 3.63) is 23.8 Å². The molecule has 1 atom stereocenters. The smallest absolute Gasteiger partial charge is 0.223 e. The van der Waals surface area contributed by atoms with Gasteiger partial charge in [-0.25, -0.2) is 0 Å². The van der Waals surface area contributed by atoms with Crippen LogP contribution in [0.25, 0.3) is 0 Å². The number of hydrogen-bond acceptors (Lipinski definition) is 4. The van der Waals surface area contributed by atoms with E-state index in [9.17, 15) is 4.79 Å². The van der Waals surface area contributed by atoms with Crippen molar-refractivity contribution in [3.8, 4) is 11.5 Å². The zero-order chi connectivity index (χ0) is 15.0. The maximum Gasteiger partial charge on any atom is 0.223 e. The number of nitrogens with two attached hydrogens (primary N) is 1. The number of carbonyl (C=O) groups is 1. The summed E-state index contributed by atoms with van der Waals surface area (Å²) >= 11 is 0. The van der Waals surface area contributed by atoms with Crippen LogP contribution in [-0.2, 0) is 11.2 Å². The normalized spacial score (nSPS) is 11.8. The van der Waals surface area contributed by atoms with Gasteiger partial charge in [-0.2, -0.15) is 0 Å². The van der Waals surface area contributed by atoms with Crippen LogP contribution in [0.5, 0.6) is 11.5 Å². The minimum absolute atomic E-state index is 0.0175. The van der Waals surface area contributed by atoms with Gasteiger partial charge in [-0.05, 0) is 31.9 Å². The molecule has 0 spiro atoms. The van der Waals surface area contributed by atoms with E-state index in [0.29, 0.717) is 37.5 Å². The van der Waals surface area contributed by atoms with E-state index < -0.39 is 0 Å². The van der Waals surface area contributed by atoms with E-state index in [1.807, 2.05) is 32.0 Å². The average molecular weight is 280 g/mol. The zero-order valence-electron chi connectivity index (χ0n) is 12.4.